The van der Waals surface area contributed by atoms with Crippen molar-refractivity contribution in [3.8, 4) is 10.6 Å². The lowest BCUT2D eigenvalue weighted by atomic mass is 10.2. The largest absolute Gasteiger partial charge is 0.464 e. The minimum atomic E-state index is -0.456. The van der Waals surface area contributed by atoms with Crippen molar-refractivity contribution in [2.45, 2.75) is 0 Å². The first-order chi connectivity index (χ1) is 7.72. The summed E-state index contributed by atoms with van der Waals surface area (Å²) in [4.78, 5) is 20.5. The van der Waals surface area contributed by atoms with E-state index in [4.69, 9.17) is 0 Å². The highest BCUT2D eigenvalue weighted by Gasteiger charge is 2.19. The molecule has 82 valence electrons. The maximum Gasteiger partial charge on any atom is 0.358 e. The zero-order chi connectivity index (χ0) is 11.5. The summed E-state index contributed by atoms with van der Waals surface area (Å²) in [6.45, 7) is 0. The van der Waals surface area contributed by atoms with Crippen molar-refractivity contribution in [3.05, 3.63) is 34.0 Å². The van der Waals surface area contributed by atoms with E-state index >= 15 is 0 Å². The number of methoxy groups -OCH3 is 1. The van der Waals surface area contributed by atoms with E-state index in [-0.39, 0.29) is 5.69 Å². The molecule has 0 bridgehead atoms. The van der Waals surface area contributed by atoms with Crippen LogP contribution in [0.15, 0.2) is 28.3 Å². The van der Waals surface area contributed by atoms with Gasteiger partial charge in [-0.15, -0.1) is 11.3 Å². The Morgan fingerprint density at radius 3 is 2.94 bits per heavy atom. The predicted molar refractivity (Wildman–Crippen MR) is 64.4 cm³/mol. The van der Waals surface area contributed by atoms with Crippen LogP contribution >= 0.6 is 27.3 Å². The molecule has 0 aliphatic carbocycles. The molecule has 2 aromatic rings. The molecule has 2 aromatic heterocycles. The summed E-state index contributed by atoms with van der Waals surface area (Å²) in [5.74, 6) is -0.456. The molecule has 0 spiro atoms. The van der Waals surface area contributed by atoms with Crippen LogP contribution in [0.2, 0.25) is 0 Å². The lowest BCUT2D eigenvalue weighted by Gasteiger charge is -1.98. The van der Waals surface area contributed by atoms with Crippen molar-refractivity contribution >= 4 is 33.2 Å². The van der Waals surface area contributed by atoms with Crippen LogP contribution < -0.4 is 0 Å². The number of esters is 1. The Kier molecular flexibility index (Phi) is 3.31. The third kappa shape index (κ3) is 2.12. The highest BCUT2D eigenvalue weighted by atomic mass is 79.9. The molecular weight excluding hydrogens is 292 g/mol. The first-order valence-electron chi connectivity index (χ1n) is 4.38. The third-order valence-corrected chi connectivity index (χ3v) is 3.41. The Morgan fingerprint density at radius 1 is 1.50 bits per heavy atom. The number of nitrogens with zero attached hydrogens (tertiary/aromatic N) is 2. The number of hydrogen-bond acceptors (Lipinski definition) is 5. The summed E-state index contributed by atoms with van der Waals surface area (Å²) in [6, 6.07) is 5.50. The van der Waals surface area contributed by atoms with E-state index in [0.29, 0.717) is 14.5 Å². The molecule has 0 N–H and O–H groups in total. The fourth-order valence-corrected chi connectivity index (χ4v) is 2.62. The highest BCUT2D eigenvalue weighted by Crippen LogP contribution is 2.31. The molecule has 0 aliphatic rings. The summed E-state index contributed by atoms with van der Waals surface area (Å²) in [5, 5.41) is 0. The Hall–Kier alpha value is -1.27. The van der Waals surface area contributed by atoms with Crippen LogP contribution in [-0.4, -0.2) is 23.0 Å². The molecule has 0 aliphatic heterocycles. The van der Waals surface area contributed by atoms with Gasteiger partial charge in [-0.25, -0.2) is 9.78 Å². The predicted octanol–water partition coefficient (Wildman–Crippen LogP) is 2.75. The molecule has 2 heterocycles. The number of carbonyl (C=O) groups excluding carboxylic acids is 1. The molecule has 6 heteroatoms. The van der Waals surface area contributed by atoms with E-state index < -0.39 is 5.97 Å². The molecular formula is C10H7BrN2O2S. The Labute approximate surface area is 104 Å². The van der Waals surface area contributed by atoms with E-state index in [1.807, 2.05) is 18.2 Å². The fraction of sp³-hybridized carbons (Fsp3) is 0.100. The molecule has 0 amide bonds. The lowest BCUT2D eigenvalue weighted by Crippen LogP contribution is -2.03. The summed E-state index contributed by atoms with van der Waals surface area (Å²) >= 11 is 4.60. The van der Waals surface area contributed by atoms with Crippen molar-refractivity contribution in [1.29, 1.82) is 0 Å². The number of carbonyl (C=O) groups is 1. The second-order valence-electron chi connectivity index (χ2n) is 2.85. The molecule has 0 saturated carbocycles. The van der Waals surface area contributed by atoms with Gasteiger partial charge < -0.3 is 4.74 Å². The van der Waals surface area contributed by atoms with Gasteiger partial charge in [-0.05, 0) is 28.1 Å². The summed E-state index contributed by atoms with van der Waals surface area (Å²) in [7, 11) is 1.33. The SMILES string of the molecule is COC(=O)c1nc(Br)sc1-c1ccccn1. The van der Waals surface area contributed by atoms with Gasteiger partial charge in [0.15, 0.2) is 9.61 Å². The highest BCUT2D eigenvalue weighted by molar-refractivity contribution is 9.11. The molecule has 0 aromatic carbocycles. The van der Waals surface area contributed by atoms with Gasteiger partial charge in [0.05, 0.1) is 17.7 Å². The number of aromatic nitrogens is 2. The first-order valence-corrected chi connectivity index (χ1v) is 5.99. The third-order valence-electron chi connectivity index (χ3n) is 1.88. The molecule has 0 fully saturated rings. The van der Waals surface area contributed by atoms with Crippen LogP contribution in [0, 0.1) is 0 Å². The van der Waals surface area contributed by atoms with Gasteiger partial charge in [0.2, 0.25) is 0 Å². The molecule has 0 radical (unpaired) electrons. The van der Waals surface area contributed by atoms with Gasteiger partial charge in [0.25, 0.3) is 0 Å². The van der Waals surface area contributed by atoms with Crippen molar-refractivity contribution in [3.63, 3.8) is 0 Å². The van der Waals surface area contributed by atoms with Crippen LogP contribution in [0.5, 0.6) is 0 Å². The molecule has 0 saturated heterocycles. The monoisotopic (exact) mass is 298 g/mol. The molecule has 4 nitrogen and oxygen atoms in total. The van der Waals surface area contributed by atoms with Crippen LogP contribution in [0.3, 0.4) is 0 Å². The zero-order valence-electron chi connectivity index (χ0n) is 8.31. The van der Waals surface area contributed by atoms with Crippen molar-refractivity contribution in [1.82, 2.24) is 9.97 Å². The van der Waals surface area contributed by atoms with Crippen LogP contribution in [0.1, 0.15) is 10.5 Å². The van der Waals surface area contributed by atoms with Crippen LogP contribution in [0.25, 0.3) is 10.6 Å². The summed E-state index contributed by atoms with van der Waals surface area (Å²) in [5.41, 5.74) is 1.00. The maximum atomic E-state index is 11.5. The summed E-state index contributed by atoms with van der Waals surface area (Å²) < 4.78 is 5.30. The molecule has 16 heavy (non-hydrogen) atoms. The number of pyridine rings is 1. The van der Waals surface area contributed by atoms with Gasteiger partial charge in [-0.3, -0.25) is 4.98 Å². The smallest absolute Gasteiger partial charge is 0.358 e. The van der Waals surface area contributed by atoms with Crippen molar-refractivity contribution in [2.75, 3.05) is 7.11 Å². The lowest BCUT2D eigenvalue weighted by molar-refractivity contribution is 0.0595. The van der Waals surface area contributed by atoms with Crippen molar-refractivity contribution < 1.29 is 9.53 Å². The van der Waals surface area contributed by atoms with Crippen molar-refractivity contribution in [2.24, 2.45) is 0 Å². The Balaban J connectivity index is 2.53. The van der Waals surface area contributed by atoms with Crippen LogP contribution in [-0.2, 0) is 4.74 Å². The number of halogens is 1. The van der Waals surface area contributed by atoms with Gasteiger partial charge in [-0.2, -0.15) is 0 Å². The standard InChI is InChI=1S/C10H7BrN2O2S/c1-15-9(14)7-8(16-10(11)13-7)6-4-2-3-5-12-6/h2-5H,1H3. The number of thiazole rings is 1. The number of ether oxygens (including phenoxy) is 1. The summed E-state index contributed by atoms with van der Waals surface area (Å²) in [6.07, 6.45) is 1.67. The molecule has 0 unspecified atom stereocenters. The minimum absolute atomic E-state index is 0.290. The van der Waals surface area contributed by atoms with Gasteiger partial charge in [0.1, 0.15) is 0 Å². The van der Waals surface area contributed by atoms with E-state index in [2.05, 4.69) is 30.6 Å². The minimum Gasteiger partial charge on any atom is -0.464 e. The average Bonchev–Trinajstić information content (AvgIpc) is 2.71. The van der Waals surface area contributed by atoms with E-state index in [9.17, 15) is 4.79 Å². The number of rotatable bonds is 2. The first kappa shape index (κ1) is 11.2. The van der Waals surface area contributed by atoms with E-state index in [1.54, 1.807) is 6.20 Å². The Bertz CT molecular complexity index is 513. The second kappa shape index (κ2) is 4.71. The Morgan fingerprint density at radius 2 is 2.31 bits per heavy atom. The normalized spacial score (nSPS) is 10.1. The van der Waals surface area contributed by atoms with Crippen LogP contribution in [0.4, 0.5) is 0 Å². The number of hydrogen-bond donors (Lipinski definition) is 0. The average molecular weight is 299 g/mol. The molecule has 0 atom stereocenters. The zero-order valence-corrected chi connectivity index (χ0v) is 10.7. The topological polar surface area (TPSA) is 52.1 Å². The molecule has 2 rings (SSSR count). The maximum absolute atomic E-state index is 11.5. The quantitative estimate of drug-likeness (QED) is 0.800. The van der Waals surface area contributed by atoms with E-state index in [0.717, 1.165) is 0 Å². The van der Waals surface area contributed by atoms with Gasteiger partial charge >= 0.3 is 5.97 Å². The second-order valence-corrected chi connectivity index (χ2v) is 5.13. The van der Waals surface area contributed by atoms with Gasteiger partial charge in [0, 0.05) is 6.20 Å². The fourth-order valence-electron chi connectivity index (χ4n) is 1.20. The van der Waals surface area contributed by atoms with Gasteiger partial charge in [-0.1, -0.05) is 6.07 Å². The van der Waals surface area contributed by atoms with E-state index in [1.165, 1.54) is 18.4 Å².